The number of nitrogens with one attached hydrogen (secondary N) is 1. The van der Waals surface area contributed by atoms with Crippen molar-refractivity contribution in [1.82, 2.24) is 15.4 Å². The van der Waals surface area contributed by atoms with Gasteiger partial charge in [-0.1, -0.05) is 12.1 Å². The molecule has 1 aliphatic heterocycles. The van der Waals surface area contributed by atoms with Gasteiger partial charge in [-0.3, -0.25) is 24.4 Å². The maximum absolute atomic E-state index is 12.0. The monoisotopic (exact) mass is 467 g/mol. The molecule has 1 saturated heterocycles. The lowest BCUT2D eigenvalue weighted by Crippen LogP contribution is -2.32. The fourth-order valence-corrected chi connectivity index (χ4v) is 2.97. The Kier molecular flexibility index (Phi) is 7.15. The van der Waals surface area contributed by atoms with Crippen LogP contribution < -0.4 is 5.32 Å². The molecule has 2 heterocycles. The van der Waals surface area contributed by atoms with E-state index in [9.17, 15) is 23.7 Å². The summed E-state index contributed by atoms with van der Waals surface area (Å²) in [6.45, 7) is -0.874. The highest BCUT2D eigenvalue weighted by molar-refractivity contribution is 7.46. The number of benzene rings is 1. The van der Waals surface area contributed by atoms with Crippen LogP contribution >= 0.6 is 7.82 Å². The van der Waals surface area contributed by atoms with Crippen molar-refractivity contribution in [2.24, 2.45) is 0 Å². The minimum absolute atomic E-state index is 0.0148. The average molecular weight is 467 g/mol. The van der Waals surface area contributed by atoms with Gasteiger partial charge < -0.3 is 19.4 Å². The van der Waals surface area contributed by atoms with Gasteiger partial charge in [0.1, 0.15) is 13.3 Å². The summed E-state index contributed by atoms with van der Waals surface area (Å²) in [6.07, 6.45) is 0.367. The van der Waals surface area contributed by atoms with E-state index >= 15 is 0 Å². The van der Waals surface area contributed by atoms with Gasteiger partial charge in [-0.15, -0.1) is 5.06 Å². The predicted octanol–water partition coefficient (Wildman–Crippen LogP) is 0.677. The predicted molar refractivity (Wildman–Crippen MR) is 104 cm³/mol. The topological polar surface area (TPSA) is 182 Å². The number of fused-ring (bicyclic) bond motifs is 1. The first-order valence-electron chi connectivity index (χ1n) is 9.15. The second kappa shape index (κ2) is 9.83. The van der Waals surface area contributed by atoms with Gasteiger partial charge >= 0.3 is 19.9 Å². The fourth-order valence-electron chi connectivity index (χ4n) is 2.74. The molecule has 13 nitrogen and oxygen atoms in total. The Hall–Kier alpha value is -3.38. The summed E-state index contributed by atoms with van der Waals surface area (Å²) in [5.74, 6) is -1.87. The van der Waals surface area contributed by atoms with Crippen LogP contribution in [0.4, 0.5) is 4.79 Å². The van der Waals surface area contributed by atoms with Crippen molar-refractivity contribution in [3.8, 4) is 0 Å². The van der Waals surface area contributed by atoms with Crippen LogP contribution in [0.15, 0.2) is 30.5 Å². The molecule has 3 amide bonds. The van der Waals surface area contributed by atoms with Crippen LogP contribution in [0.25, 0.3) is 10.9 Å². The Morgan fingerprint density at radius 3 is 2.53 bits per heavy atom. The molecular weight excluding hydrogens is 449 g/mol. The average Bonchev–Trinajstić information content (AvgIpc) is 3.03. The highest BCUT2D eigenvalue weighted by atomic mass is 31.2. The normalized spacial score (nSPS) is 14.0. The van der Waals surface area contributed by atoms with Crippen molar-refractivity contribution in [2.45, 2.75) is 25.9 Å². The number of aromatic nitrogens is 1. The zero-order chi connectivity index (χ0) is 23.3. The molecular formula is C18H18N3O10P. The minimum Gasteiger partial charge on any atom is -0.445 e. The molecule has 0 aliphatic carbocycles. The van der Waals surface area contributed by atoms with Gasteiger partial charge in [0.15, 0.2) is 0 Å². The van der Waals surface area contributed by atoms with Crippen LogP contribution in [0.5, 0.6) is 0 Å². The van der Waals surface area contributed by atoms with Crippen molar-refractivity contribution in [3.63, 3.8) is 0 Å². The Balaban J connectivity index is 1.54. The molecule has 0 radical (unpaired) electrons. The number of hydroxylamine groups is 2. The molecule has 1 aliphatic rings. The zero-order valence-electron chi connectivity index (χ0n) is 16.4. The Morgan fingerprint density at radius 1 is 1.12 bits per heavy atom. The van der Waals surface area contributed by atoms with Gasteiger partial charge in [0, 0.05) is 30.0 Å². The SMILES string of the molecule is O=C(Cc1ccc2cc(COC(=O)NCOP(=O)(O)O)cnc2c1)ON1C(=O)CCC1=O. The van der Waals surface area contributed by atoms with Crippen LogP contribution in [-0.4, -0.2) is 50.4 Å². The molecule has 1 fully saturated rings. The van der Waals surface area contributed by atoms with E-state index < -0.39 is 38.4 Å². The summed E-state index contributed by atoms with van der Waals surface area (Å²) < 4.78 is 19.5. The molecule has 0 saturated carbocycles. The highest BCUT2D eigenvalue weighted by Gasteiger charge is 2.32. The number of hydrogen-bond donors (Lipinski definition) is 3. The lowest BCUT2D eigenvalue weighted by atomic mass is 10.1. The molecule has 2 aromatic rings. The number of hydrogen-bond acceptors (Lipinski definition) is 9. The molecule has 14 heteroatoms. The lowest BCUT2D eigenvalue weighted by molar-refractivity contribution is -0.197. The summed E-state index contributed by atoms with van der Waals surface area (Å²) in [5, 5.41) is 3.20. The highest BCUT2D eigenvalue weighted by Crippen LogP contribution is 2.34. The van der Waals surface area contributed by atoms with Crippen molar-refractivity contribution >= 4 is 42.6 Å². The summed E-state index contributed by atoms with van der Waals surface area (Å²) >= 11 is 0. The number of carbonyl (C=O) groups is 4. The van der Waals surface area contributed by atoms with Crippen molar-refractivity contribution in [2.75, 3.05) is 6.73 Å². The summed E-state index contributed by atoms with van der Waals surface area (Å²) in [4.78, 5) is 72.7. The first kappa shape index (κ1) is 23.3. The second-order valence-corrected chi connectivity index (χ2v) is 7.85. The first-order chi connectivity index (χ1) is 15.1. The van der Waals surface area contributed by atoms with Crippen LogP contribution in [0.3, 0.4) is 0 Å². The third kappa shape index (κ3) is 6.56. The number of pyridine rings is 1. The lowest BCUT2D eigenvalue weighted by Gasteiger charge is -2.12. The largest absolute Gasteiger partial charge is 0.471 e. The number of phosphoric ester groups is 1. The molecule has 1 aromatic carbocycles. The van der Waals surface area contributed by atoms with Crippen LogP contribution in [0.2, 0.25) is 0 Å². The van der Waals surface area contributed by atoms with E-state index in [1.165, 1.54) is 6.20 Å². The van der Waals surface area contributed by atoms with E-state index in [-0.39, 0.29) is 25.9 Å². The van der Waals surface area contributed by atoms with Crippen molar-refractivity contribution in [3.05, 3.63) is 41.6 Å². The van der Waals surface area contributed by atoms with E-state index in [1.807, 2.05) is 5.32 Å². The molecule has 3 rings (SSSR count). The standard InChI is InChI=1S/C18H18N3O10P/c22-15-3-4-16(23)21(15)31-17(24)7-11-1-2-13-5-12(8-19-14(13)6-11)9-29-18(25)20-10-30-32(26,27)28/h1-2,5-6,8H,3-4,7,9-10H2,(H,20,25)(H2,26,27,28). The van der Waals surface area contributed by atoms with E-state index in [0.29, 0.717) is 27.1 Å². The molecule has 0 atom stereocenters. The maximum Gasteiger partial charge on any atom is 0.471 e. The van der Waals surface area contributed by atoms with Crippen LogP contribution in [0, 0.1) is 0 Å². The van der Waals surface area contributed by atoms with E-state index in [2.05, 4.69) is 9.51 Å². The number of imide groups is 1. The quantitative estimate of drug-likeness (QED) is 0.282. The van der Waals surface area contributed by atoms with E-state index in [4.69, 9.17) is 19.4 Å². The number of carbonyl (C=O) groups excluding carboxylic acids is 4. The molecule has 0 spiro atoms. The summed E-state index contributed by atoms with van der Waals surface area (Å²) in [5.41, 5.74) is 1.65. The molecule has 3 N–H and O–H groups in total. The number of nitrogens with zero attached hydrogens (tertiary/aromatic N) is 2. The van der Waals surface area contributed by atoms with Gasteiger partial charge in [-0.25, -0.2) is 14.2 Å². The van der Waals surface area contributed by atoms with Gasteiger partial charge in [-0.2, -0.15) is 0 Å². The number of amides is 3. The van der Waals surface area contributed by atoms with Gasteiger partial charge in [0.05, 0.1) is 11.9 Å². The minimum atomic E-state index is -4.69. The van der Waals surface area contributed by atoms with Gasteiger partial charge in [0.25, 0.3) is 11.8 Å². The molecule has 0 bridgehead atoms. The first-order valence-corrected chi connectivity index (χ1v) is 10.7. The van der Waals surface area contributed by atoms with Crippen molar-refractivity contribution < 1.29 is 47.6 Å². The number of rotatable bonds is 8. The third-order valence-corrected chi connectivity index (χ3v) is 4.64. The summed E-state index contributed by atoms with van der Waals surface area (Å²) in [7, 11) is -4.69. The van der Waals surface area contributed by atoms with Crippen LogP contribution in [-0.2, 0) is 46.1 Å². The number of alkyl carbamates (subject to hydrolysis) is 1. The van der Waals surface area contributed by atoms with Crippen LogP contribution in [0.1, 0.15) is 24.0 Å². The number of ether oxygens (including phenoxy) is 1. The summed E-state index contributed by atoms with van der Waals surface area (Å²) in [6, 6.07) is 6.68. The van der Waals surface area contributed by atoms with Gasteiger partial charge in [0.2, 0.25) is 0 Å². The smallest absolute Gasteiger partial charge is 0.445 e. The molecule has 1 aromatic heterocycles. The number of phosphoric acid groups is 1. The Bertz CT molecular complexity index is 1100. The van der Waals surface area contributed by atoms with E-state index in [1.54, 1.807) is 24.3 Å². The second-order valence-electron chi connectivity index (χ2n) is 6.61. The molecule has 32 heavy (non-hydrogen) atoms. The third-order valence-electron chi connectivity index (χ3n) is 4.17. The maximum atomic E-state index is 12.0. The van der Waals surface area contributed by atoms with E-state index in [0.717, 1.165) is 0 Å². The fraction of sp³-hybridized carbons (Fsp3) is 0.278. The Morgan fingerprint density at radius 2 is 1.84 bits per heavy atom. The zero-order valence-corrected chi connectivity index (χ0v) is 17.3. The molecule has 0 unspecified atom stereocenters. The van der Waals surface area contributed by atoms with Gasteiger partial charge in [-0.05, 0) is 17.7 Å². The molecule has 170 valence electrons. The Labute approximate surface area is 180 Å². The van der Waals surface area contributed by atoms with Crippen molar-refractivity contribution in [1.29, 1.82) is 0 Å².